The normalized spacial score (nSPS) is 11.1. The molecule has 11 heavy (non-hydrogen) atoms. The molecule has 0 atom stereocenters. The van der Waals surface area contributed by atoms with Crippen LogP contribution in [0.3, 0.4) is 0 Å². The number of aliphatic hydroxyl groups is 1. The number of aliphatic hydroxyl groups excluding tert-OH is 1. The van der Waals surface area contributed by atoms with Crippen LogP contribution >= 0.6 is 0 Å². The zero-order chi connectivity index (χ0) is 8.36. The van der Waals surface area contributed by atoms with Crippen LogP contribution < -0.4 is 0 Å². The van der Waals surface area contributed by atoms with Gasteiger partial charge < -0.3 is 14.6 Å². The molecule has 0 aliphatic carbocycles. The Labute approximate surface area is 67.6 Å². The second kappa shape index (κ2) is 9.62. The van der Waals surface area contributed by atoms with Crippen molar-refractivity contribution in [2.24, 2.45) is 0 Å². The first kappa shape index (κ1) is 10.6. The molecule has 0 saturated carbocycles. The van der Waals surface area contributed by atoms with Gasteiger partial charge in [-0.3, -0.25) is 0 Å². The van der Waals surface area contributed by atoms with E-state index in [1.165, 1.54) is 0 Å². The largest absolute Gasteiger partial charge is 0.392 e. The molecule has 0 bridgehead atoms. The summed E-state index contributed by atoms with van der Waals surface area (Å²) in [5, 5.41) is 8.33. The Morgan fingerprint density at radius 3 is 2.73 bits per heavy atom. The molecule has 0 aromatic rings. The fourth-order valence-corrected chi connectivity index (χ4v) is 0.521. The third kappa shape index (κ3) is 9.62. The third-order valence-corrected chi connectivity index (χ3v) is 1.00. The van der Waals surface area contributed by atoms with Crippen molar-refractivity contribution in [3.05, 3.63) is 12.2 Å². The number of rotatable bonds is 7. The monoisotopic (exact) mass is 160 g/mol. The topological polar surface area (TPSA) is 38.7 Å². The zero-order valence-corrected chi connectivity index (χ0v) is 6.95. The van der Waals surface area contributed by atoms with E-state index < -0.39 is 0 Å². The van der Waals surface area contributed by atoms with Crippen LogP contribution in [-0.4, -0.2) is 31.7 Å². The molecule has 0 aliphatic rings. The lowest BCUT2D eigenvalue weighted by molar-refractivity contribution is -0.0436. The summed E-state index contributed by atoms with van der Waals surface area (Å²) >= 11 is 0. The quantitative estimate of drug-likeness (QED) is 0.342. The zero-order valence-electron chi connectivity index (χ0n) is 6.95. The number of hydrogen-bond donors (Lipinski definition) is 1. The molecule has 0 rings (SSSR count). The van der Waals surface area contributed by atoms with E-state index in [1.807, 2.05) is 6.92 Å². The van der Waals surface area contributed by atoms with Crippen LogP contribution in [0.5, 0.6) is 0 Å². The smallest absolute Gasteiger partial charge is 0.147 e. The van der Waals surface area contributed by atoms with Crippen LogP contribution in [0.25, 0.3) is 0 Å². The second-order valence-electron chi connectivity index (χ2n) is 2.05. The number of hydrogen-bond acceptors (Lipinski definition) is 3. The molecule has 3 nitrogen and oxygen atoms in total. The molecule has 0 spiro atoms. The van der Waals surface area contributed by atoms with Gasteiger partial charge >= 0.3 is 0 Å². The van der Waals surface area contributed by atoms with E-state index in [9.17, 15) is 0 Å². The fraction of sp³-hybridized carbons (Fsp3) is 0.750. The third-order valence-electron chi connectivity index (χ3n) is 1.00. The molecule has 0 aromatic carbocycles. The van der Waals surface area contributed by atoms with Gasteiger partial charge in [0.1, 0.15) is 6.79 Å². The molecule has 0 heterocycles. The summed E-state index contributed by atoms with van der Waals surface area (Å²) < 4.78 is 10.1. The van der Waals surface area contributed by atoms with Crippen LogP contribution in [0.1, 0.15) is 13.3 Å². The van der Waals surface area contributed by atoms with Gasteiger partial charge in [-0.1, -0.05) is 19.1 Å². The highest BCUT2D eigenvalue weighted by molar-refractivity contribution is 4.79. The van der Waals surface area contributed by atoms with Crippen molar-refractivity contribution in [2.45, 2.75) is 13.3 Å². The van der Waals surface area contributed by atoms with Crippen molar-refractivity contribution in [2.75, 3.05) is 26.6 Å². The Morgan fingerprint density at radius 1 is 1.27 bits per heavy atom. The highest BCUT2D eigenvalue weighted by Gasteiger charge is 1.82. The van der Waals surface area contributed by atoms with E-state index in [2.05, 4.69) is 0 Å². The maximum Gasteiger partial charge on any atom is 0.147 e. The van der Waals surface area contributed by atoms with Gasteiger partial charge in [-0.25, -0.2) is 0 Å². The first-order valence-electron chi connectivity index (χ1n) is 3.83. The minimum atomic E-state index is 0.0686. The number of ether oxygens (including phenoxy) is 2. The van der Waals surface area contributed by atoms with E-state index in [4.69, 9.17) is 14.6 Å². The lowest BCUT2D eigenvalue weighted by atomic mass is 10.5. The van der Waals surface area contributed by atoms with E-state index in [1.54, 1.807) is 12.2 Å². The summed E-state index contributed by atoms with van der Waals surface area (Å²) in [6.45, 7) is 3.70. The molecule has 0 amide bonds. The van der Waals surface area contributed by atoms with Crippen LogP contribution in [0.15, 0.2) is 12.2 Å². The Hall–Kier alpha value is -0.380. The van der Waals surface area contributed by atoms with E-state index >= 15 is 0 Å². The van der Waals surface area contributed by atoms with Crippen molar-refractivity contribution in [1.82, 2.24) is 0 Å². The minimum absolute atomic E-state index is 0.0686. The molecule has 66 valence electrons. The summed E-state index contributed by atoms with van der Waals surface area (Å²) in [6.07, 6.45) is 4.41. The Kier molecular flexibility index (Phi) is 9.29. The van der Waals surface area contributed by atoms with Crippen molar-refractivity contribution < 1.29 is 14.6 Å². The van der Waals surface area contributed by atoms with Gasteiger partial charge in [0.05, 0.1) is 13.2 Å². The lowest BCUT2D eigenvalue weighted by Gasteiger charge is -2.00. The lowest BCUT2D eigenvalue weighted by Crippen LogP contribution is -2.00. The van der Waals surface area contributed by atoms with Crippen LogP contribution in [0.4, 0.5) is 0 Å². The highest BCUT2D eigenvalue weighted by Crippen LogP contribution is 1.82. The highest BCUT2D eigenvalue weighted by atomic mass is 16.7. The van der Waals surface area contributed by atoms with Gasteiger partial charge in [0, 0.05) is 6.61 Å². The minimum Gasteiger partial charge on any atom is -0.392 e. The van der Waals surface area contributed by atoms with Gasteiger partial charge in [-0.2, -0.15) is 0 Å². The van der Waals surface area contributed by atoms with Crippen molar-refractivity contribution in [1.29, 1.82) is 0 Å². The molecule has 0 aliphatic heterocycles. The molecule has 0 unspecified atom stereocenters. The van der Waals surface area contributed by atoms with E-state index in [0.717, 1.165) is 13.0 Å². The summed E-state index contributed by atoms with van der Waals surface area (Å²) in [5.74, 6) is 0. The van der Waals surface area contributed by atoms with Crippen LogP contribution in [0, 0.1) is 0 Å². The van der Waals surface area contributed by atoms with Crippen molar-refractivity contribution in [3.63, 3.8) is 0 Å². The van der Waals surface area contributed by atoms with E-state index in [0.29, 0.717) is 13.4 Å². The molecule has 1 N–H and O–H groups in total. The standard InChI is InChI=1S/C8H16O3/c1-2-6-10-8-11-7-4-3-5-9/h3-4,9H,2,5-8H2,1H3/b4-3-. The Balaban J connectivity index is 2.85. The second-order valence-corrected chi connectivity index (χ2v) is 2.05. The molecule has 3 heteroatoms. The van der Waals surface area contributed by atoms with E-state index in [-0.39, 0.29) is 6.61 Å². The summed E-state index contributed by atoms with van der Waals surface area (Å²) in [7, 11) is 0. The Morgan fingerprint density at radius 2 is 2.09 bits per heavy atom. The first-order valence-corrected chi connectivity index (χ1v) is 3.83. The molecular formula is C8H16O3. The average Bonchev–Trinajstić information content (AvgIpc) is 2.03. The van der Waals surface area contributed by atoms with Gasteiger partial charge in [-0.05, 0) is 6.42 Å². The first-order chi connectivity index (χ1) is 5.41. The molecule has 0 radical (unpaired) electrons. The maximum absolute atomic E-state index is 8.33. The van der Waals surface area contributed by atoms with Crippen LogP contribution in [-0.2, 0) is 9.47 Å². The Bertz CT molecular complexity index is 91.3. The SMILES string of the molecule is CCCOCOC/C=C\CO. The van der Waals surface area contributed by atoms with Crippen LogP contribution in [0.2, 0.25) is 0 Å². The predicted octanol–water partition coefficient (Wildman–Crippen LogP) is 0.936. The van der Waals surface area contributed by atoms with Gasteiger partial charge in [0.2, 0.25) is 0 Å². The molecule has 0 aromatic heterocycles. The van der Waals surface area contributed by atoms with Gasteiger partial charge in [0.15, 0.2) is 0 Å². The molecule has 0 saturated heterocycles. The van der Waals surface area contributed by atoms with Crippen molar-refractivity contribution >= 4 is 0 Å². The molecular weight excluding hydrogens is 144 g/mol. The fourth-order valence-electron chi connectivity index (χ4n) is 0.521. The van der Waals surface area contributed by atoms with Gasteiger partial charge in [0.25, 0.3) is 0 Å². The summed E-state index contributed by atoms with van der Waals surface area (Å²) in [5.41, 5.74) is 0. The summed E-state index contributed by atoms with van der Waals surface area (Å²) in [4.78, 5) is 0. The average molecular weight is 160 g/mol. The maximum atomic E-state index is 8.33. The summed E-state index contributed by atoms with van der Waals surface area (Å²) in [6, 6.07) is 0. The van der Waals surface area contributed by atoms with Crippen molar-refractivity contribution in [3.8, 4) is 0 Å². The van der Waals surface area contributed by atoms with Gasteiger partial charge in [-0.15, -0.1) is 0 Å². The predicted molar refractivity (Wildman–Crippen MR) is 43.3 cm³/mol. The molecule has 0 fully saturated rings.